The van der Waals surface area contributed by atoms with Crippen LogP contribution in [0.15, 0.2) is 48.5 Å². The maximum Gasteiger partial charge on any atom is 0.272 e. The molecule has 0 saturated carbocycles. The van der Waals surface area contributed by atoms with E-state index in [2.05, 4.69) is 4.90 Å². The van der Waals surface area contributed by atoms with Crippen molar-refractivity contribution in [2.24, 2.45) is 0 Å². The highest BCUT2D eigenvalue weighted by molar-refractivity contribution is 6.37. The molecule has 1 saturated heterocycles. The van der Waals surface area contributed by atoms with Crippen LogP contribution in [-0.2, 0) is 9.53 Å². The molecule has 40 heavy (non-hydrogen) atoms. The van der Waals surface area contributed by atoms with Crippen molar-refractivity contribution in [2.45, 2.75) is 0 Å². The van der Waals surface area contributed by atoms with E-state index in [1.54, 1.807) is 35.2 Å². The second-order valence-electron chi connectivity index (χ2n) is 9.14. The van der Waals surface area contributed by atoms with Gasteiger partial charge in [0.2, 0.25) is 0 Å². The molecule has 2 aliphatic heterocycles. The fraction of sp³-hybridized carbons (Fsp3) is 0.250. The first kappa shape index (κ1) is 27.9. The molecule has 2 aliphatic rings. The number of nitro groups is 1. The number of amides is 1. The Kier molecular flexibility index (Phi) is 8.22. The molecule has 5 rings (SSSR count). The highest BCUT2D eigenvalue weighted by Gasteiger charge is 2.33. The van der Waals surface area contributed by atoms with Gasteiger partial charge in [-0.15, -0.1) is 0 Å². The van der Waals surface area contributed by atoms with E-state index < -0.39 is 10.7 Å². The highest BCUT2D eigenvalue weighted by Crippen LogP contribution is 2.43. The summed E-state index contributed by atoms with van der Waals surface area (Å²) in [4.78, 5) is 27.9. The average molecular weight is 588 g/mol. The minimum absolute atomic E-state index is 0.0321. The van der Waals surface area contributed by atoms with Crippen molar-refractivity contribution in [3.05, 3.63) is 85.6 Å². The van der Waals surface area contributed by atoms with E-state index in [1.807, 2.05) is 0 Å². The standard InChI is InChI=1S/C28H24Cl2FN3O6/c1-38-26-13-17(2-5-25(26)40-27-22(29)15-19(34(36)37)16-23(27)30)12-21-20-14-18(31)3-4-24(20)33(28(21)35)7-6-32-8-10-39-11-9-32/h2-5,12-16H,6-11H2,1H3. The predicted molar refractivity (Wildman–Crippen MR) is 150 cm³/mol. The van der Waals surface area contributed by atoms with Gasteiger partial charge in [0.25, 0.3) is 11.6 Å². The van der Waals surface area contributed by atoms with Gasteiger partial charge in [-0.05, 0) is 42.0 Å². The number of nitro benzene ring substituents is 1. The molecule has 0 radical (unpaired) electrons. The molecule has 0 unspecified atom stereocenters. The van der Waals surface area contributed by atoms with Crippen LogP contribution in [0, 0.1) is 15.9 Å². The van der Waals surface area contributed by atoms with E-state index in [9.17, 15) is 19.3 Å². The number of hydrogen-bond acceptors (Lipinski definition) is 7. The molecule has 3 aromatic carbocycles. The van der Waals surface area contributed by atoms with Gasteiger partial charge in [-0.25, -0.2) is 4.39 Å². The first-order valence-corrected chi connectivity index (χ1v) is 13.1. The smallest absolute Gasteiger partial charge is 0.272 e. The van der Waals surface area contributed by atoms with Crippen molar-refractivity contribution in [1.82, 2.24) is 4.90 Å². The van der Waals surface area contributed by atoms with E-state index in [4.69, 9.17) is 37.4 Å². The van der Waals surface area contributed by atoms with Crippen LogP contribution in [0.2, 0.25) is 10.0 Å². The molecule has 0 aliphatic carbocycles. The van der Waals surface area contributed by atoms with E-state index >= 15 is 0 Å². The van der Waals surface area contributed by atoms with Crippen LogP contribution in [0.25, 0.3) is 11.6 Å². The highest BCUT2D eigenvalue weighted by atomic mass is 35.5. The monoisotopic (exact) mass is 587 g/mol. The summed E-state index contributed by atoms with van der Waals surface area (Å²) in [6, 6.07) is 11.6. The van der Waals surface area contributed by atoms with Gasteiger partial charge in [0.05, 0.1) is 41.0 Å². The van der Waals surface area contributed by atoms with Crippen LogP contribution in [0.4, 0.5) is 15.8 Å². The predicted octanol–water partition coefficient (Wildman–Crippen LogP) is 6.06. The molecule has 1 amide bonds. The molecule has 0 N–H and O–H groups in total. The fourth-order valence-corrected chi connectivity index (χ4v) is 5.19. The fourth-order valence-electron chi connectivity index (χ4n) is 4.64. The lowest BCUT2D eigenvalue weighted by molar-refractivity contribution is -0.384. The quantitative estimate of drug-likeness (QED) is 0.179. The SMILES string of the molecule is COc1cc(C=C2C(=O)N(CCN3CCOCC3)c3ccc(F)cc32)ccc1Oc1c(Cl)cc([N+](=O)[O-])cc1Cl. The van der Waals surface area contributed by atoms with Crippen LogP contribution in [0.3, 0.4) is 0 Å². The van der Waals surface area contributed by atoms with Gasteiger partial charge in [-0.2, -0.15) is 0 Å². The summed E-state index contributed by atoms with van der Waals surface area (Å²) in [7, 11) is 1.44. The number of morpholine rings is 1. The lowest BCUT2D eigenvalue weighted by Crippen LogP contribution is -2.42. The molecule has 12 heteroatoms. The summed E-state index contributed by atoms with van der Waals surface area (Å²) >= 11 is 12.4. The zero-order chi connectivity index (χ0) is 28.4. The van der Waals surface area contributed by atoms with Crippen LogP contribution in [0.1, 0.15) is 11.1 Å². The second kappa shape index (κ2) is 11.8. The van der Waals surface area contributed by atoms with Gasteiger partial charge in [-0.3, -0.25) is 19.8 Å². The number of nitrogens with zero attached hydrogens (tertiary/aromatic N) is 3. The summed E-state index contributed by atoms with van der Waals surface area (Å²) in [5, 5.41) is 11.0. The van der Waals surface area contributed by atoms with Crippen molar-refractivity contribution in [3.63, 3.8) is 0 Å². The molecule has 0 spiro atoms. The Morgan fingerprint density at radius 3 is 2.45 bits per heavy atom. The number of non-ortho nitro benzene ring substituents is 1. The number of anilines is 1. The summed E-state index contributed by atoms with van der Waals surface area (Å²) < 4.78 is 31.0. The van der Waals surface area contributed by atoms with Crippen LogP contribution < -0.4 is 14.4 Å². The zero-order valence-electron chi connectivity index (χ0n) is 21.4. The largest absolute Gasteiger partial charge is 0.493 e. The number of hydrogen-bond donors (Lipinski definition) is 0. The molecule has 0 aromatic heterocycles. The third kappa shape index (κ3) is 5.75. The van der Waals surface area contributed by atoms with Crippen LogP contribution >= 0.6 is 23.2 Å². The van der Waals surface area contributed by atoms with E-state index in [0.717, 1.165) is 25.2 Å². The van der Waals surface area contributed by atoms with Gasteiger partial charge < -0.3 is 19.1 Å². The topological polar surface area (TPSA) is 94.4 Å². The Hall–Kier alpha value is -3.70. The number of halogens is 3. The van der Waals surface area contributed by atoms with Gasteiger partial charge in [0.1, 0.15) is 5.82 Å². The number of fused-ring (bicyclic) bond motifs is 1. The number of carbonyl (C=O) groups excluding carboxylic acids is 1. The molecule has 3 aromatic rings. The number of carbonyl (C=O) groups is 1. The van der Waals surface area contributed by atoms with Crippen LogP contribution in [0.5, 0.6) is 17.2 Å². The minimum atomic E-state index is -0.609. The summed E-state index contributed by atoms with van der Waals surface area (Å²) in [5.41, 5.74) is 1.86. The van der Waals surface area contributed by atoms with E-state index in [0.29, 0.717) is 54.4 Å². The molecule has 208 valence electrons. The number of benzene rings is 3. The third-order valence-electron chi connectivity index (χ3n) is 6.66. The van der Waals surface area contributed by atoms with Gasteiger partial charge in [-0.1, -0.05) is 29.3 Å². The third-order valence-corrected chi connectivity index (χ3v) is 7.22. The molecular weight excluding hydrogens is 564 g/mol. The first-order valence-electron chi connectivity index (χ1n) is 12.4. The molecular formula is C28H24Cl2FN3O6. The Bertz CT molecular complexity index is 1490. The lowest BCUT2D eigenvalue weighted by atomic mass is 10.0. The Morgan fingerprint density at radius 1 is 1.05 bits per heavy atom. The molecule has 0 atom stereocenters. The number of ether oxygens (including phenoxy) is 3. The van der Waals surface area contributed by atoms with Crippen molar-refractivity contribution >= 4 is 52.1 Å². The molecule has 9 nitrogen and oxygen atoms in total. The number of methoxy groups -OCH3 is 1. The van der Waals surface area contributed by atoms with Gasteiger partial charge >= 0.3 is 0 Å². The maximum atomic E-state index is 14.2. The molecule has 0 bridgehead atoms. The Labute approximate surface area is 239 Å². The lowest BCUT2D eigenvalue weighted by Gasteiger charge is -2.28. The summed E-state index contributed by atoms with van der Waals surface area (Å²) in [6.45, 7) is 4.04. The van der Waals surface area contributed by atoms with Gasteiger partial charge in [0.15, 0.2) is 17.2 Å². The van der Waals surface area contributed by atoms with Crippen molar-refractivity contribution in [3.8, 4) is 17.2 Å². The molecule has 2 heterocycles. The Morgan fingerprint density at radius 2 is 1.77 bits per heavy atom. The van der Waals surface area contributed by atoms with Crippen molar-refractivity contribution in [2.75, 3.05) is 51.4 Å². The van der Waals surface area contributed by atoms with Crippen molar-refractivity contribution < 1.29 is 28.3 Å². The van der Waals surface area contributed by atoms with E-state index in [-0.39, 0.29) is 33.1 Å². The average Bonchev–Trinajstić information content (AvgIpc) is 3.19. The maximum absolute atomic E-state index is 14.2. The van der Waals surface area contributed by atoms with Gasteiger partial charge in [0, 0.05) is 49.4 Å². The van der Waals surface area contributed by atoms with Crippen molar-refractivity contribution in [1.29, 1.82) is 0 Å². The zero-order valence-corrected chi connectivity index (χ0v) is 22.9. The second-order valence-corrected chi connectivity index (χ2v) is 9.95. The Balaban J connectivity index is 1.43. The molecule has 1 fully saturated rings. The summed E-state index contributed by atoms with van der Waals surface area (Å²) in [6.07, 6.45) is 1.67. The minimum Gasteiger partial charge on any atom is -0.493 e. The first-order chi connectivity index (χ1) is 19.2. The normalized spacial score (nSPS) is 16.4. The number of rotatable bonds is 8. The van der Waals surface area contributed by atoms with Crippen LogP contribution in [-0.4, -0.2) is 62.2 Å². The van der Waals surface area contributed by atoms with E-state index in [1.165, 1.54) is 19.2 Å². The summed E-state index contributed by atoms with van der Waals surface area (Å²) in [5.74, 6) is -0.0829.